The summed E-state index contributed by atoms with van der Waals surface area (Å²) >= 11 is 0. The Hall–Kier alpha value is -1.52. The summed E-state index contributed by atoms with van der Waals surface area (Å²) in [6.45, 7) is 1.83. The van der Waals surface area contributed by atoms with Crippen molar-refractivity contribution in [2.24, 2.45) is 0 Å². The van der Waals surface area contributed by atoms with Crippen LogP contribution in [0.1, 0.15) is 23.0 Å². The number of aromatic hydroxyl groups is 2. The Bertz CT molecular complexity index is 574. The summed E-state index contributed by atoms with van der Waals surface area (Å²) in [5.41, 5.74) is 2.37. The molecule has 3 nitrogen and oxygen atoms in total. The van der Waals surface area contributed by atoms with E-state index in [1.54, 1.807) is 12.1 Å². The van der Waals surface area contributed by atoms with Gasteiger partial charge in [0.2, 0.25) is 0 Å². The maximum atomic E-state index is 9.65. The van der Waals surface area contributed by atoms with Crippen LogP contribution in [0, 0.1) is 0 Å². The average Bonchev–Trinajstić information content (AvgIpc) is 2.92. The third-order valence-electron chi connectivity index (χ3n) is 3.87. The molecular weight excluding hydrogens is 318 g/mol. The third-order valence-corrected chi connectivity index (χ3v) is 3.87. The second-order valence-electron chi connectivity index (χ2n) is 5.03. The average molecular weight is 336 g/mol. The van der Waals surface area contributed by atoms with Crippen LogP contribution >= 0.6 is 17.0 Å². The number of nitrogens with one attached hydrogen (secondary N) is 1. The number of phenols is 2. The molecule has 1 fully saturated rings. The van der Waals surface area contributed by atoms with Crippen LogP contribution in [0.25, 0.3) is 0 Å². The van der Waals surface area contributed by atoms with E-state index in [1.807, 2.05) is 12.1 Å². The minimum Gasteiger partial charge on any atom is -0.504 e. The fourth-order valence-electron chi connectivity index (χ4n) is 2.85. The first-order valence-electron chi connectivity index (χ1n) is 6.53. The fraction of sp³-hybridized carbons (Fsp3) is 0.250. The third kappa shape index (κ3) is 2.81. The monoisotopic (exact) mass is 335 g/mol. The zero-order valence-electron chi connectivity index (χ0n) is 11.0. The lowest BCUT2D eigenvalue weighted by atomic mass is 9.84. The fourth-order valence-corrected chi connectivity index (χ4v) is 2.85. The van der Waals surface area contributed by atoms with Gasteiger partial charge >= 0.3 is 0 Å². The van der Waals surface area contributed by atoms with Crippen molar-refractivity contribution in [1.29, 1.82) is 0 Å². The van der Waals surface area contributed by atoms with Gasteiger partial charge in [0, 0.05) is 24.9 Å². The SMILES string of the molecule is Br.Oc1ccc(C2CNCC2c2ccccc2)cc1O. The molecule has 0 aromatic heterocycles. The van der Waals surface area contributed by atoms with E-state index in [-0.39, 0.29) is 28.5 Å². The van der Waals surface area contributed by atoms with Gasteiger partial charge in [0.15, 0.2) is 11.5 Å². The summed E-state index contributed by atoms with van der Waals surface area (Å²) in [5.74, 6) is 0.626. The predicted molar refractivity (Wildman–Crippen MR) is 84.9 cm³/mol. The summed E-state index contributed by atoms with van der Waals surface area (Å²) in [4.78, 5) is 0. The van der Waals surface area contributed by atoms with E-state index in [1.165, 1.54) is 5.56 Å². The van der Waals surface area contributed by atoms with Crippen LogP contribution in [0.3, 0.4) is 0 Å². The zero-order valence-corrected chi connectivity index (χ0v) is 12.7. The van der Waals surface area contributed by atoms with Crippen molar-refractivity contribution in [3.05, 3.63) is 59.7 Å². The van der Waals surface area contributed by atoms with Gasteiger partial charge in [-0.25, -0.2) is 0 Å². The molecule has 3 rings (SSSR count). The highest BCUT2D eigenvalue weighted by molar-refractivity contribution is 8.93. The van der Waals surface area contributed by atoms with Crippen LogP contribution in [-0.2, 0) is 0 Å². The Morgan fingerprint density at radius 1 is 0.800 bits per heavy atom. The summed E-state index contributed by atoms with van der Waals surface area (Å²) in [7, 11) is 0. The van der Waals surface area contributed by atoms with Crippen LogP contribution in [0.4, 0.5) is 0 Å². The smallest absolute Gasteiger partial charge is 0.157 e. The van der Waals surface area contributed by atoms with Gasteiger partial charge in [0.25, 0.3) is 0 Å². The lowest BCUT2D eigenvalue weighted by Gasteiger charge is -2.19. The van der Waals surface area contributed by atoms with Crippen LogP contribution < -0.4 is 5.32 Å². The Morgan fingerprint density at radius 3 is 2.10 bits per heavy atom. The van der Waals surface area contributed by atoms with E-state index < -0.39 is 0 Å². The summed E-state index contributed by atoms with van der Waals surface area (Å²) < 4.78 is 0. The second-order valence-corrected chi connectivity index (χ2v) is 5.03. The van der Waals surface area contributed by atoms with Crippen molar-refractivity contribution in [3.8, 4) is 11.5 Å². The van der Waals surface area contributed by atoms with E-state index in [9.17, 15) is 10.2 Å². The lowest BCUT2D eigenvalue weighted by molar-refractivity contribution is 0.402. The Balaban J connectivity index is 0.00000147. The normalized spacial score (nSPS) is 21.4. The summed E-state index contributed by atoms with van der Waals surface area (Å²) in [6.07, 6.45) is 0. The van der Waals surface area contributed by atoms with Crippen molar-refractivity contribution in [2.45, 2.75) is 11.8 Å². The van der Waals surface area contributed by atoms with Crippen LogP contribution in [0.15, 0.2) is 48.5 Å². The van der Waals surface area contributed by atoms with E-state index in [4.69, 9.17) is 0 Å². The van der Waals surface area contributed by atoms with E-state index in [2.05, 4.69) is 29.6 Å². The quantitative estimate of drug-likeness (QED) is 0.739. The van der Waals surface area contributed by atoms with Crippen LogP contribution in [-0.4, -0.2) is 23.3 Å². The van der Waals surface area contributed by atoms with E-state index >= 15 is 0 Å². The molecule has 2 aromatic carbocycles. The molecule has 2 aromatic rings. The Labute approximate surface area is 129 Å². The summed E-state index contributed by atoms with van der Waals surface area (Å²) in [5, 5.41) is 22.5. The van der Waals surface area contributed by atoms with Gasteiger partial charge in [-0.1, -0.05) is 36.4 Å². The van der Waals surface area contributed by atoms with Crippen molar-refractivity contribution < 1.29 is 10.2 Å². The minimum atomic E-state index is -0.0639. The van der Waals surface area contributed by atoms with Crippen LogP contribution in [0.2, 0.25) is 0 Å². The first kappa shape index (κ1) is 14.9. The van der Waals surface area contributed by atoms with Crippen LogP contribution in [0.5, 0.6) is 11.5 Å². The highest BCUT2D eigenvalue weighted by atomic mass is 79.9. The molecular formula is C16H18BrNO2. The van der Waals surface area contributed by atoms with Gasteiger partial charge in [-0.05, 0) is 23.3 Å². The molecule has 0 bridgehead atoms. The number of phenolic OH excluding ortho intramolecular Hbond substituents is 2. The molecule has 1 aliphatic rings. The molecule has 4 heteroatoms. The maximum Gasteiger partial charge on any atom is 0.157 e. The molecule has 0 spiro atoms. The van der Waals surface area contributed by atoms with E-state index in [0.29, 0.717) is 11.8 Å². The van der Waals surface area contributed by atoms with Gasteiger partial charge < -0.3 is 15.5 Å². The Kier molecular flexibility index (Phi) is 4.68. The standard InChI is InChI=1S/C16H17NO2.BrH/c18-15-7-6-12(8-16(15)19)14-10-17-9-13(14)11-4-2-1-3-5-11;/h1-8,13-14,17-19H,9-10H2;1H. The molecule has 20 heavy (non-hydrogen) atoms. The number of rotatable bonds is 2. The van der Waals surface area contributed by atoms with Gasteiger partial charge in [-0.2, -0.15) is 0 Å². The first-order valence-corrected chi connectivity index (χ1v) is 6.53. The highest BCUT2D eigenvalue weighted by Gasteiger charge is 2.29. The molecule has 0 amide bonds. The van der Waals surface area contributed by atoms with Crippen molar-refractivity contribution >= 4 is 17.0 Å². The van der Waals surface area contributed by atoms with Crippen molar-refractivity contribution in [2.75, 3.05) is 13.1 Å². The zero-order chi connectivity index (χ0) is 13.2. The molecule has 1 heterocycles. The number of hydrogen-bond donors (Lipinski definition) is 3. The molecule has 0 saturated carbocycles. The minimum absolute atomic E-state index is 0. The number of benzene rings is 2. The van der Waals surface area contributed by atoms with Crippen molar-refractivity contribution in [3.63, 3.8) is 0 Å². The number of halogens is 1. The summed E-state index contributed by atoms with van der Waals surface area (Å²) in [6, 6.07) is 15.5. The number of hydrogen-bond acceptors (Lipinski definition) is 3. The molecule has 1 saturated heterocycles. The van der Waals surface area contributed by atoms with Crippen molar-refractivity contribution in [1.82, 2.24) is 5.32 Å². The highest BCUT2D eigenvalue weighted by Crippen LogP contribution is 2.38. The first-order chi connectivity index (χ1) is 9.25. The molecule has 2 atom stereocenters. The van der Waals surface area contributed by atoms with Gasteiger partial charge in [0.05, 0.1) is 0 Å². The Morgan fingerprint density at radius 2 is 1.45 bits per heavy atom. The molecule has 106 valence electrons. The molecule has 2 unspecified atom stereocenters. The molecule has 1 aliphatic heterocycles. The topological polar surface area (TPSA) is 52.5 Å². The van der Waals surface area contributed by atoms with Gasteiger partial charge in [-0.15, -0.1) is 17.0 Å². The predicted octanol–water partition coefficient (Wildman–Crippen LogP) is 3.15. The second kappa shape index (κ2) is 6.29. The van der Waals surface area contributed by atoms with Gasteiger partial charge in [0.1, 0.15) is 0 Å². The largest absolute Gasteiger partial charge is 0.504 e. The van der Waals surface area contributed by atoms with Gasteiger partial charge in [-0.3, -0.25) is 0 Å². The molecule has 0 aliphatic carbocycles. The molecule has 3 N–H and O–H groups in total. The lowest BCUT2D eigenvalue weighted by Crippen LogP contribution is -2.08. The maximum absolute atomic E-state index is 9.65. The van der Waals surface area contributed by atoms with E-state index in [0.717, 1.165) is 18.7 Å². The molecule has 0 radical (unpaired) electrons.